The third-order valence-corrected chi connectivity index (χ3v) is 6.59. The van der Waals surface area contributed by atoms with Gasteiger partial charge in [0.2, 0.25) is 0 Å². The molecule has 0 spiro atoms. The van der Waals surface area contributed by atoms with Gasteiger partial charge in [-0.15, -0.1) is 0 Å². The first-order chi connectivity index (χ1) is 13.2. The van der Waals surface area contributed by atoms with E-state index in [0.29, 0.717) is 38.7 Å². The number of imidazole rings is 1. The van der Waals surface area contributed by atoms with Crippen molar-refractivity contribution in [2.75, 3.05) is 25.6 Å². The minimum absolute atomic E-state index is 0.247. The fourth-order valence-corrected chi connectivity index (χ4v) is 5.03. The molecule has 2 aliphatic heterocycles. The van der Waals surface area contributed by atoms with Gasteiger partial charge in [-0.3, -0.25) is 0 Å². The van der Waals surface area contributed by atoms with Crippen LogP contribution in [0.2, 0.25) is 11.1 Å². The molecule has 0 radical (unpaired) electrons. The van der Waals surface area contributed by atoms with Crippen molar-refractivity contribution in [2.45, 2.75) is 54.9 Å². The molecule has 4 heterocycles. The number of anilines is 1. The van der Waals surface area contributed by atoms with Gasteiger partial charge in [0, 0.05) is 0 Å². The van der Waals surface area contributed by atoms with Crippen LogP contribution < -0.4 is 5.73 Å². The van der Waals surface area contributed by atoms with Crippen molar-refractivity contribution in [3.05, 3.63) is 12.7 Å². The molecule has 3 N–H and O–H groups in total. The Morgan fingerprint density at radius 2 is 2.11 bits per heavy atom. The maximum atomic E-state index is 10.9. The van der Waals surface area contributed by atoms with E-state index in [-0.39, 0.29) is 6.10 Å². The standard InChI is InChI=1S/C17H26N6O3Se/c1-27-7-11-13(24)14(25-10-22-5-3-2-4-6-22)17(26-11)23-9-21-12-15(18)19-8-20-16(12)23/h8-9,11,13-14,17,24H,2-7,10H2,1H3,(H2,18,19,20)/t11-,13?,14+,17-/m1/s1. The number of nitrogens with two attached hydrogens (primary N) is 1. The van der Waals surface area contributed by atoms with E-state index in [2.05, 4.69) is 25.7 Å². The van der Waals surface area contributed by atoms with Crippen molar-refractivity contribution in [3.63, 3.8) is 0 Å². The molecule has 1 unspecified atom stereocenters. The average molecular weight is 441 g/mol. The molecule has 27 heavy (non-hydrogen) atoms. The summed E-state index contributed by atoms with van der Waals surface area (Å²) in [6.45, 7) is 2.57. The molecular formula is C17H26N6O3Se. The number of aliphatic hydroxyl groups is 1. The molecule has 148 valence electrons. The van der Waals surface area contributed by atoms with Crippen molar-refractivity contribution in [1.82, 2.24) is 24.4 Å². The molecule has 9 nitrogen and oxygen atoms in total. The van der Waals surface area contributed by atoms with Gasteiger partial charge in [0.25, 0.3) is 0 Å². The molecule has 0 bridgehead atoms. The van der Waals surface area contributed by atoms with Crippen molar-refractivity contribution in [3.8, 4) is 0 Å². The molecule has 2 fully saturated rings. The Bertz CT molecular complexity index is 768. The SMILES string of the molecule is C[Se]C[C@H]1O[C@@H](n2cnc3c(N)ncnc32)[C@@H](OCN2CCCCC2)C1O. The predicted molar refractivity (Wildman–Crippen MR) is 101 cm³/mol. The molecule has 2 aromatic heterocycles. The number of aliphatic hydroxyl groups excluding tert-OH is 1. The van der Waals surface area contributed by atoms with E-state index < -0.39 is 18.4 Å². The van der Waals surface area contributed by atoms with Crippen LogP contribution in [0.5, 0.6) is 0 Å². The molecule has 0 saturated carbocycles. The van der Waals surface area contributed by atoms with Crippen molar-refractivity contribution >= 4 is 31.9 Å². The van der Waals surface area contributed by atoms with E-state index in [1.807, 2.05) is 0 Å². The third kappa shape index (κ3) is 3.83. The number of likely N-dealkylation sites (tertiary alicyclic amines) is 1. The third-order valence-electron chi connectivity index (χ3n) is 5.20. The Balaban J connectivity index is 1.58. The van der Waals surface area contributed by atoms with Crippen LogP contribution in [-0.2, 0) is 9.47 Å². The van der Waals surface area contributed by atoms with Crippen LogP contribution in [0.25, 0.3) is 11.2 Å². The van der Waals surface area contributed by atoms with E-state index in [9.17, 15) is 5.11 Å². The molecule has 4 rings (SSSR count). The zero-order chi connectivity index (χ0) is 18.8. The topological polar surface area (TPSA) is 112 Å². The van der Waals surface area contributed by atoms with Crippen LogP contribution in [-0.4, -0.2) is 82.6 Å². The first-order valence-corrected chi connectivity index (χ1v) is 12.2. The maximum absolute atomic E-state index is 10.9. The molecule has 2 aliphatic rings. The Kier molecular flexibility index (Phi) is 5.91. The van der Waals surface area contributed by atoms with E-state index >= 15 is 0 Å². The molecular weight excluding hydrogens is 415 g/mol. The summed E-state index contributed by atoms with van der Waals surface area (Å²) in [6, 6.07) is 0. The summed E-state index contributed by atoms with van der Waals surface area (Å²) in [5, 5.41) is 11.7. The molecule has 2 saturated heterocycles. The number of fused-ring (bicyclic) bond motifs is 1. The average Bonchev–Trinajstić information content (AvgIpc) is 3.24. The number of hydrogen-bond acceptors (Lipinski definition) is 8. The zero-order valence-corrected chi connectivity index (χ0v) is 17.1. The number of rotatable bonds is 6. The van der Waals surface area contributed by atoms with Crippen LogP contribution in [0.1, 0.15) is 25.5 Å². The summed E-state index contributed by atoms with van der Waals surface area (Å²) < 4.78 is 14.2. The van der Waals surface area contributed by atoms with Gasteiger partial charge in [0.1, 0.15) is 0 Å². The van der Waals surface area contributed by atoms with Gasteiger partial charge in [0.15, 0.2) is 0 Å². The van der Waals surface area contributed by atoms with Gasteiger partial charge in [-0.2, -0.15) is 0 Å². The second kappa shape index (κ2) is 8.38. The number of nitrogens with zero attached hydrogens (tertiary/aromatic N) is 5. The second-order valence-electron chi connectivity index (χ2n) is 7.03. The van der Waals surface area contributed by atoms with Crippen molar-refractivity contribution in [2.24, 2.45) is 0 Å². The fourth-order valence-electron chi connectivity index (χ4n) is 3.76. The van der Waals surface area contributed by atoms with Gasteiger partial charge < -0.3 is 0 Å². The Morgan fingerprint density at radius 3 is 2.89 bits per heavy atom. The molecule has 10 heteroatoms. The van der Waals surface area contributed by atoms with Gasteiger partial charge in [-0.25, -0.2) is 0 Å². The summed E-state index contributed by atoms with van der Waals surface area (Å²) in [4.78, 5) is 14.9. The number of hydrogen-bond donors (Lipinski definition) is 2. The molecule has 4 atom stereocenters. The van der Waals surface area contributed by atoms with Gasteiger partial charge in [0.05, 0.1) is 0 Å². The minimum atomic E-state index is -0.682. The summed E-state index contributed by atoms with van der Waals surface area (Å²) in [6.07, 6.45) is 4.82. The summed E-state index contributed by atoms with van der Waals surface area (Å²) in [5.74, 6) is 2.47. The van der Waals surface area contributed by atoms with Crippen molar-refractivity contribution < 1.29 is 14.6 Å². The number of piperidine rings is 1. The number of aromatic nitrogens is 4. The number of ether oxygens (including phenoxy) is 2. The Morgan fingerprint density at radius 1 is 1.30 bits per heavy atom. The second-order valence-corrected chi connectivity index (χ2v) is 8.94. The van der Waals surface area contributed by atoms with Crippen LogP contribution in [0.4, 0.5) is 5.82 Å². The monoisotopic (exact) mass is 442 g/mol. The quantitative estimate of drug-likeness (QED) is 0.630. The van der Waals surface area contributed by atoms with Crippen LogP contribution in [0.3, 0.4) is 0 Å². The van der Waals surface area contributed by atoms with E-state index in [4.69, 9.17) is 15.2 Å². The summed E-state index contributed by atoms with van der Waals surface area (Å²) in [7, 11) is 0. The Labute approximate surface area is 164 Å². The predicted octanol–water partition coefficient (Wildman–Crippen LogP) is 0.666. The Hall–Kier alpha value is -1.29. The molecule has 0 aliphatic carbocycles. The van der Waals surface area contributed by atoms with Gasteiger partial charge in [-0.05, 0) is 0 Å². The van der Waals surface area contributed by atoms with Crippen LogP contribution in [0, 0.1) is 0 Å². The van der Waals surface area contributed by atoms with Crippen LogP contribution >= 0.6 is 0 Å². The molecule has 2 aromatic rings. The van der Waals surface area contributed by atoms with Gasteiger partial charge in [-0.1, -0.05) is 0 Å². The molecule has 0 aromatic carbocycles. The van der Waals surface area contributed by atoms with Gasteiger partial charge >= 0.3 is 164 Å². The summed E-state index contributed by atoms with van der Waals surface area (Å²) >= 11 is 0.390. The first-order valence-electron chi connectivity index (χ1n) is 9.28. The van der Waals surface area contributed by atoms with E-state index in [1.165, 1.54) is 25.6 Å². The van der Waals surface area contributed by atoms with Crippen LogP contribution in [0.15, 0.2) is 12.7 Å². The van der Waals surface area contributed by atoms with Crippen molar-refractivity contribution in [1.29, 1.82) is 0 Å². The fraction of sp³-hybridized carbons (Fsp3) is 0.706. The molecule has 0 amide bonds. The zero-order valence-electron chi connectivity index (χ0n) is 15.4. The first kappa shape index (κ1) is 19.0. The van der Waals surface area contributed by atoms with E-state index in [0.717, 1.165) is 18.4 Å². The normalized spacial score (nSPS) is 29.6. The van der Waals surface area contributed by atoms with E-state index in [1.54, 1.807) is 10.9 Å². The number of nitrogen functional groups attached to an aromatic ring is 1. The summed E-state index contributed by atoms with van der Waals surface area (Å²) in [5.41, 5.74) is 7.04.